The Morgan fingerprint density at radius 1 is 1.42 bits per heavy atom. The number of benzene rings is 1. The van der Waals surface area contributed by atoms with Gasteiger partial charge >= 0.3 is 5.97 Å². The monoisotopic (exact) mass is 283 g/mol. The second kappa shape index (κ2) is 5.80. The third-order valence-corrected chi connectivity index (χ3v) is 3.76. The molecule has 0 aliphatic heterocycles. The van der Waals surface area contributed by atoms with E-state index in [1.165, 1.54) is 7.11 Å². The Hall–Kier alpha value is -1.26. The van der Waals surface area contributed by atoms with Crippen molar-refractivity contribution in [1.82, 2.24) is 0 Å². The van der Waals surface area contributed by atoms with Crippen molar-refractivity contribution in [1.29, 1.82) is 0 Å². The molecular formula is C14H18ClNO3. The largest absolute Gasteiger partial charge is 0.467 e. The summed E-state index contributed by atoms with van der Waals surface area (Å²) in [6.45, 7) is 0.259. The van der Waals surface area contributed by atoms with Crippen LogP contribution < -0.4 is 5.32 Å². The summed E-state index contributed by atoms with van der Waals surface area (Å²) in [5.41, 5.74) is -0.132. The smallest absolute Gasteiger partial charge is 0.334 e. The van der Waals surface area contributed by atoms with Gasteiger partial charge in [0.1, 0.15) is 0 Å². The molecule has 1 aliphatic carbocycles. The van der Waals surface area contributed by atoms with Crippen LogP contribution >= 0.6 is 11.6 Å². The van der Waals surface area contributed by atoms with Crippen molar-refractivity contribution in [2.45, 2.75) is 18.4 Å². The van der Waals surface area contributed by atoms with Crippen LogP contribution in [0.4, 0.5) is 5.69 Å². The van der Waals surface area contributed by atoms with Crippen molar-refractivity contribution in [2.75, 3.05) is 26.1 Å². The van der Waals surface area contributed by atoms with E-state index in [9.17, 15) is 4.79 Å². The van der Waals surface area contributed by atoms with Gasteiger partial charge in [0.25, 0.3) is 0 Å². The van der Waals surface area contributed by atoms with Crippen molar-refractivity contribution in [2.24, 2.45) is 5.92 Å². The minimum Gasteiger partial charge on any atom is -0.467 e. The molecule has 0 amide bonds. The average Bonchev–Trinajstić information content (AvgIpc) is 3.24. The fraction of sp³-hybridized carbons (Fsp3) is 0.500. The van der Waals surface area contributed by atoms with E-state index in [2.05, 4.69) is 5.32 Å². The highest BCUT2D eigenvalue weighted by Gasteiger charge is 2.52. The van der Waals surface area contributed by atoms with E-state index in [4.69, 9.17) is 21.1 Å². The fourth-order valence-corrected chi connectivity index (χ4v) is 2.50. The number of rotatable bonds is 6. The van der Waals surface area contributed by atoms with Gasteiger partial charge in [0.2, 0.25) is 0 Å². The second-order valence-corrected chi connectivity index (χ2v) is 5.18. The second-order valence-electron chi connectivity index (χ2n) is 4.78. The van der Waals surface area contributed by atoms with Crippen LogP contribution in [0.3, 0.4) is 0 Å². The molecule has 1 atom stereocenters. The number of halogens is 1. The number of hydrogen-bond donors (Lipinski definition) is 1. The molecule has 1 aromatic rings. The molecule has 104 valence electrons. The number of hydrogen-bond acceptors (Lipinski definition) is 4. The van der Waals surface area contributed by atoms with E-state index < -0.39 is 5.54 Å². The molecule has 1 aromatic carbocycles. The zero-order valence-corrected chi connectivity index (χ0v) is 11.9. The minimum absolute atomic E-state index is 0.219. The van der Waals surface area contributed by atoms with Crippen molar-refractivity contribution in [3.8, 4) is 0 Å². The Kier molecular flexibility index (Phi) is 4.32. The number of anilines is 1. The van der Waals surface area contributed by atoms with E-state index in [-0.39, 0.29) is 18.5 Å². The first-order valence-corrected chi connectivity index (χ1v) is 6.62. The first kappa shape index (κ1) is 14.2. The number of para-hydroxylation sites is 1. The van der Waals surface area contributed by atoms with Gasteiger partial charge in [-0.3, -0.25) is 0 Å². The van der Waals surface area contributed by atoms with Gasteiger partial charge in [0, 0.05) is 7.11 Å². The van der Waals surface area contributed by atoms with Crippen LogP contribution in [0.25, 0.3) is 0 Å². The minimum atomic E-state index is -0.853. The summed E-state index contributed by atoms with van der Waals surface area (Å²) in [7, 11) is 2.97. The van der Waals surface area contributed by atoms with E-state index >= 15 is 0 Å². The lowest BCUT2D eigenvalue weighted by atomic mass is 9.93. The van der Waals surface area contributed by atoms with E-state index in [1.54, 1.807) is 13.2 Å². The van der Waals surface area contributed by atoms with Gasteiger partial charge in [-0.2, -0.15) is 0 Å². The maximum atomic E-state index is 12.2. The Bertz CT molecular complexity index is 462. The van der Waals surface area contributed by atoms with Gasteiger partial charge in [-0.25, -0.2) is 4.79 Å². The molecule has 1 N–H and O–H groups in total. The molecule has 5 heteroatoms. The third-order valence-electron chi connectivity index (χ3n) is 3.43. The average molecular weight is 284 g/mol. The number of methoxy groups -OCH3 is 2. The lowest BCUT2D eigenvalue weighted by Gasteiger charge is -2.32. The molecule has 1 unspecified atom stereocenters. The predicted molar refractivity (Wildman–Crippen MR) is 74.4 cm³/mol. The zero-order chi connectivity index (χ0) is 13.9. The molecule has 1 saturated carbocycles. The van der Waals surface area contributed by atoms with Crippen molar-refractivity contribution in [3.05, 3.63) is 29.3 Å². The first-order chi connectivity index (χ1) is 9.14. The Labute approximate surface area is 118 Å². The molecule has 19 heavy (non-hydrogen) atoms. The van der Waals surface area contributed by atoms with E-state index in [0.717, 1.165) is 18.5 Å². The van der Waals surface area contributed by atoms with Crippen LogP contribution in [0.1, 0.15) is 12.8 Å². The van der Waals surface area contributed by atoms with Crippen LogP contribution in [-0.4, -0.2) is 32.3 Å². The molecule has 0 saturated heterocycles. The molecule has 0 spiro atoms. The zero-order valence-electron chi connectivity index (χ0n) is 11.1. The highest BCUT2D eigenvalue weighted by Crippen LogP contribution is 2.43. The van der Waals surface area contributed by atoms with Crippen LogP contribution in [0.5, 0.6) is 0 Å². The number of carbonyl (C=O) groups is 1. The van der Waals surface area contributed by atoms with E-state index in [0.29, 0.717) is 5.02 Å². The van der Waals surface area contributed by atoms with Crippen molar-refractivity contribution < 1.29 is 14.3 Å². The molecule has 1 fully saturated rings. The third kappa shape index (κ3) is 2.85. The quantitative estimate of drug-likeness (QED) is 0.816. The summed E-state index contributed by atoms with van der Waals surface area (Å²) < 4.78 is 10.2. The van der Waals surface area contributed by atoms with Crippen LogP contribution in [0, 0.1) is 5.92 Å². The Balaban J connectivity index is 2.32. The lowest BCUT2D eigenvalue weighted by molar-refractivity contribution is -0.149. The summed E-state index contributed by atoms with van der Waals surface area (Å²) in [5.74, 6) is -0.0899. The number of nitrogens with one attached hydrogen (secondary N) is 1. The van der Waals surface area contributed by atoms with Crippen molar-refractivity contribution >= 4 is 23.3 Å². The Morgan fingerprint density at radius 2 is 2.11 bits per heavy atom. The standard InChI is InChI=1S/C14H18ClNO3/c1-18-9-14(10-7-8-10,13(17)19-2)16-12-6-4-3-5-11(12)15/h3-6,10,16H,7-9H2,1-2H3. The number of carbonyl (C=O) groups excluding carboxylic acids is 1. The molecule has 0 heterocycles. The highest BCUT2D eigenvalue weighted by atomic mass is 35.5. The van der Waals surface area contributed by atoms with Gasteiger partial charge in [-0.05, 0) is 30.9 Å². The highest BCUT2D eigenvalue weighted by molar-refractivity contribution is 6.33. The van der Waals surface area contributed by atoms with Gasteiger partial charge in [-0.15, -0.1) is 0 Å². The normalized spacial score (nSPS) is 17.6. The number of esters is 1. The number of ether oxygens (including phenoxy) is 2. The maximum absolute atomic E-state index is 12.2. The van der Waals surface area contributed by atoms with E-state index in [1.807, 2.05) is 18.2 Å². The summed E-state index contributed by atoms with van der Waals surface area (Å²) in [6, 6.07) is 7.35. The SMILES string of the molecule is COCC(Nc1ccccc1Cl)(C(=O)OC)C1CC1. The predicted octanol–water partition coefficient (Wildman–Crippen LogP) is 2.72. The van der Waals surface area contributed by atoms with Crippen molar-refractivity contribution in [3.63, 3.8) is 0 Å². The fourth-order valence-electron chi connectivity index (χ4n) is 2.32. The van der Waals surface area contributed by atoms with Gasteiger partial charge in [0.05, 0.1) is 24.4 Å². The van der Waals surface area contributed by atoms with Crippen LogP contribution in [-0.2, 0) is 14.3 Å². The maximum Gasteiger partial charge on any atom is 0.334 e. The molecule has 0 radical (unpaired) electrons. The topological polar surface area (TPSA) is 47.6 Å². The van der Waals surface area contributed by atoms with Gasteiger partial charge in [0.15, 0.2) is 5.54 Å². The Morgan fingerprint density at radius 3 is 2.63 bits per heavy atom. The molecule has 1 aliphatic rings. The van der Waals surface area contributed by atoms with Gasteiger partial charge in [-0.1, -0.05) is 23.7 Å². The van der Waals surface area contributed by atoms with Gasteiger partial charge < -0.3 is 14.8 Å². The first-order valence-electron chi connectivity index (χ1n) is 6.24. The van der Waals surface area contributed by atoms with Crippen LogP contribution in [0.15, 0.2) is 24.3 Å². The molecule has 2 rings (SSSR count). The summed E-state index contributed by atoms with van der Waals surface area (Å²) >= 11 is 6.15. The molecule has 4 nitrogen and oxygen atoms in total. The summed E-state index contributed by atoms with van der Waals surface area (Å²) in [6.07, 6.45) is 1.96. The summed E-state index contributed by atoms with van der Waals surface area (Å²) in [5, 5.41) is 3.82. The lowest BCUT2D eigenvalue weighted by Crippen LogP contribution is -2.53. The summed E-state index contributed by atoms with van der Waals surface area (Å²) in [4.78, 5) is 12.2. The molecule has 0 bridgehead atoms. The molecular weight excluding hydrogens is 266 g/mol. The molecule has 0 aromatic heterocycles. The van der Waals surface area contributed by atoms with Crippen LogP contribution in [0.2, 0.25) is 5.02 Å².